The van der Waals surface area contributed by atoms with Crippen LogP contribution in [0.2, 0.25) is 0 Å². The molecule has 0 radical (unpaired) electrons. The van der Waals surface area contributed by atoms with Gasteiger partial charge in [0.1, 0.15) is 0 Å². The summed E-state index contributed by atoms with van der Waals surface area (Å²) in [5.74, 6) is 0. The van der Waals surface area contributed by atoms with E-state index in [-0.39, 0.29) is 0 Å². The number of nitrogens with zero attached hydrogens (tertiary/aromatic N) is 1. The second kappa shape index (κ2) is 3.73. The molecule has 3 heteroatoms. The van der Waals surface area contributed by atoms with Gasteiger partial charge in [-0.05, 0) is 19.4 Å². The molecular formula is C6H13IN2. The highest BCUT2D eigenvalue weighted by Gasteiger charge is 2.14. The number of rotatable bonds is 1. The molecule has 0 aromatic heterocycles. The first kappa shape index (κ1) is 7.75. The van der Waals surface area contributed by atoms with E-state index in [1.807, 2.05) is 0 Å². The van der Waals surface area contributed by atoms with E-state index in [0.29, 0.717) is 6.04 Å². The highest BCUT2D eigenvalue weighted by Crippen LogP contribution is 2.08. The molecule has 0 amide bonds. The van der Waals surface area contributed by atoms with Crippen LogP contribution in [0.4, 0.5) is 0 Å². The lowest BCUT2D eigenvalue weighted by molar-refractivity contribution is 0.247. The van der Waals surface area contributed by atoms with Crippen molar-refractivity contribution in [2.45, 2.75) is 18.9 Å². The van der Waals surface area contributed by atoms with Gasteiger partial charge in [-0.3, -0.25) is 4.90 Å². The maximum atomic E-state index is 5.76. The lowest BCUT2D eigenvalue weighted by atomic mass is 10.1. The number of piperidine rings is 1. The third-order valence-electron chi connectivity index (χ3n) is 1.71. The van der Waals surface area contributed by atoms with Crippen molar-refractivity contribution >= 4 is 22.6 Å². The summed E-state index contributed by atoms with van der Waals surface area (Å²) in [5.41, 5.74) is 5.76. The topological polar surface area (TPSA) is 29.3 Å². The van der Waals surface area contributed by atoms with Gasteiger partial charge in [-0.15, -0.1) is 0 Å². The van der Waals surface area contributed by atoms with Gasteiger partial charge in [0, 0.05) is 12.6 Å². The minimum absolute atomic E-state index is 0.438. The third-order valence-corrected chi connectivity index (χ3v) is 2.68. The second-order valence-electron chi connectivity index (χ2n) is 2.60. The standard InChI is InChI=1S/C6H13IN2/c7-5-9-3-1-2-6(8)4-9/h6H,1-5,8H2/t6-/m1/s1. The maximum absolute atomic E-state index is 5.76. The van der Waals surface area contributed by atoms with Gasteiger partial charge >= 0.3 is 0 Å². The molecule has 0 unspecified atom stereocenters. The minimum Gasteiger partial charge on any atom is -0.327 e. The lowest BCUT2D eigenvalue weighted by Gasteiger charge is -2.28. The molecule has 1 rings (SSSR count). The summed E-state index contributed by atoms with van der Waals surface area (Å²) in [6, 6.07) is 0.438. The molecule has 1 aliphatic heterocycles. The molecule has 0 bridgehead atoms. The second-order valence-corrected chi connectivity index (χ2v) is 3.28. The Hall–Kier alpha value is 0.650. The molecule has 0 saturated carbocycles. The van der Waals surface area contributed by atoms with E-state index >= 15 is 0 Å². The number of hydrogen-bond donors (Lipinski definition) is 1. The Kier molecular flexibility index (Phi) is 3.21. The van der Waals surface area contributed by atoms with Crippen LogP contribution in [0.3, 0.4) is 0 Å². The molecule has 9 heavy (non-hydrogen) atoms. The van der Waals surface area contributed by atoms with Gasteiger partial charge in [-0.2, -0.15) is 0 Å². The zero-order chi connectivity index (χ0) is 6.69. The van der Waals surface area contributed by atoms with Crippen LogP contribution in [-0.2, 0) is 0 Å². The Morgan fingerprint density at radius 3 is 2.89 bits per heavy atom. The number of alkyl halides is 1. The Morgan fingerprint density at radius 1 is 1.67 bits per heavy atom. The van der Waals surface area contributed by atoms with Crippen LogP contribution in [-0.4, -0.2) is 28.6 Å². The molecule has 2 nitrogen and oxygen atoms in total. The molecule has 1 aliphatic rings. The van der Waals surface area contributed by atoms with E-state index in [0.717, 1.165) is 11.1 Å². The normalized spacial score (nSPS) is 30.7. The van der Waals surface area contributed by atoms with E-state index in [1.165, 1.54) is 19.4 Å². The van der Waals surface area contributed by atoms with E-state index in [4.69, 9.17) is 5.73 Å². The Morgan fingerprint density at radius 2 is 2.44 bits per heavy atom. The summed E-state index contributed by atoms with van der Waals surface area (Å²) in [5, 5.41) is 0. The van der Waals surface area contributed by atoms with Gasteiger partial charge in [0.05, 0.1) is 4.55 Å². The molecule has 1 atom stereocenters. The van der Waals surface area contributed by atoms with Crippen LogP contribution in [0.1, 0.15) is 12.8 Å². The SMILES string of the molecule is N[C@@H]1CCCN(CI)C1. The zero-order valence-corrected chi connectivity index (χ0v) is 7.67. The highest BCUT2D eigenvalue weighted by molar-refractivity contribution is 14.1. The predicted molar refractivity (Wildman–Crippen MR) is 47.7 cm³/mol. The summed E-state index contributed by atoms with van der Waals surface area (Å²) >= 11 is 2.39. The molecule has 1 saturated heterocycles. The fourth-order valence-corrected chi connectivity index (χ4v) is 1.82. The summed E-state index contributed by atoms with van der Waals surface area (Å²) in [7, 11) is 0. The fraction of sp³-hybridized carbons (Fsp3) is 1.00. The Bertz CT molecular complexity index is 87.1. The molecule has 1 fully saturated rings. The monoisotopic (exact) mass is 240 g/mol. The van der Waals surface area contributed by atoms with Crippen molar-refractivity contribution in [1.82, 2.24) is 4.90 Å². The van der Waals surface area contributed by atoms with Gasteiger partial charge in [0.15, 0.2) is 0 Å². The average Bonchev–Trinajstić information content (AvgIpc) is 1.88. The van der Waals surface area contributed by atoms with Crippen molar-refractivity contribution < 1.29 is 0 Å². The first-order valence-corrected chi connectivity index (χ1v) is 4.89. The van der Waals surface area contributed by atoms with Crippen molar-refractivity contribution in [3.05, 3.63) is 0 Å². The van der Waals surface area contributed by atoms with Crippen LogP contribution >= 0.6 is 22.6 Å². The predicted octanol–water partition coefficient (Wildman–Crippen LogP) is 0.802. The van der Waals surface area contributed by atoms with Crippen molar-refractivity contribution in [3.8, 4) is 0 Å². The van der Waals surface area contributed by atoms with Crippen molar-refractivity contribution in [2.75, 3.05) is 17.6 Å². The van der Waals surface area contributed by atoms with Gasteiger partial charge in [-0.25, -0.2) is 0 Å². The Labute approximate surface area is 69.9 Å². The quantitative estimate of drug-likeness (QED) is 0.417. The summed E-state index contributed by atoms with van der Waals surface area (Å²) in [6.45, 7) is 2.35. The van der Waals surface area contributed by atoms with Gasteiger partial charge in [0.25, 0.3) is 0 Å². The van der Waals surface area contributed by atoms with E-state index in [9.17, 15) is 0 Å². The highest BCUT2D eigenvalue weighted by atomic mass is 127. The number of likely N-dealkylation sites (tertiary alicyclic amines) is 1. The van der Waals surface area contributed by atoms with E-state index < -0.39 is 0 Å². The van der Waals surface area contributed by atoms with Crippen molar-refractivity contribution in [3.63, 3.8) is 0 Å². The fourth-order valence-electron chi connectivity index (χ4n) is 1.20. The minimum atomic E-state index is 0.438. The largest absolute Gasteiger partial charge is 0.327 e. The Balaban J connectivity index is 2.23. The van der Waals surface area contributed by atoms with E-state index in [2.05, 4.69) is 27.5 Å². The smallest absolute Gasteiger partial charge is 0.0506 e. The van der Waals surface area contributed by atoms with Gasteiger partial charge < -0.3 is 5.73 Å². The molecule has 0 aliphatic carbocycles. The zero-order valence-electron chi connectivity index (χ0n) is 5.52. The molecule has 1 heterocycles. The van der Waals surface area contributed by atoms with Crippen LogP contribution in [0.25, 0.3) is 0 Å². The summed E-state index contributed by atoms with van der Waals surface area (Å²) < 4.78 is 1.13. The molecule has 0 spiro atoms. The molecule has 54 valence electrons. The number of halogens is 1. The van der Waals surface area contributed by atoms with Gasteiger partial charge in [0.2, 0.25) is 0 Å². The van der Waals surface area contributed by atoms with Crippen LogP contribution in [0, 0.1) is 0 Å². The number of nitrogens with two attached hydrogens (primary N) is 1. The molecular weight excluding hydrogens is 227 g/mol. The third kappa shape index (κ3) is 2.39. The van der Waals surface area contributed by atoms with Crippen molar-refractivity contribution in [1.29, 1.82) is 0 Å². The molecule has 0 aromatic carbocycles. The van der Waals surface area contributed by atoms with Crippen molar-refractivity contribution in [2.24, 2.45) is 5.73 Å². The first-order valence-electron chi connectivity index (χ1n) is 3.37. The molecule has 2 N–H and O–H groups in total. The summed E-state index contributed by atoms with van der Waals surface area (Å²) in [4.78, 5) is 2.40. The lowest BCUT2D eigenvalue weighted by Crippen LogP contribution is -2.41. The average molecular weight is 240 g/mol. The molecule has 0 aromatic rings. The van der Waals surface area contributed by atoms with E-state index in [1.54, 1.807) is 0 Å². The van der Waals surface area contributed by atoms with Crippen LogP contribution in [0.5, 0.6) is 0 Å². The van der Waals surface area contributed by atoms with Crippen LogP contribution in [0.15, 0.2) is 0 Å². The van der Waals surface area contributed by atoms with Crippen LogP contribution < -0.4 is 5.73 Å². The number of hydrogen-bond acceptors (Lipinski definition) is 2. The summed E-state index contributed by atoms with van der Waals surface area (Å²) in [6.07, 6.45) is 2.50. The first-order chi connectivity index (χ1) is 4.33. The van der Waals surface area contributed by atoms with Gasteiger partial charge in [-0.1, -0.05) is 22.6 Å². The maximum Gasteiger partial charge on any atom is 0.0506 e.